The Hall–Kier alpha value is -3.52. The quantitative estimate of drug-likeness (QED) is 0.595. The van der Waals surface area contributed by atoms with Crippen molar-refractivity contribution in [2.75, 3.05) is 49.8 Å². The Labute approximate surface area is 174 Å². The number of carbonyl (C=O) groups excluding carboxylic acids is 1. The summed E-state index contributed by atoms with van der Waals surface area (Å²) in [4.78, 5) is 34.3. The van der Waals surface area contributed by atoms with Crippen molar-refractivity contribution in [1.29, 1.82) is 0 Å². The third-order valence-corrected chi connectivity index (χ3v) is 5.67. The average molecular weight is 406 g/mol. The molecule has 2 aromatic carbocycles. The van der Waals surface area contributed by atoms with Gasteiger partial charge in [0.15, 0.2) is 0 Å². The first-order valence-corrected chi connectivity index (χ1v) is 9.78. The molecule has 30 heavy (non-hydrogen) atoms. The number of pyridine rings is 1. The lowest BCUT2D eigenvalue weighted by Gasteiger charge is -2.32. The van der Waals surface area contributed by atoms with Gasteiger partial charge in [0.1, 0.15) is 6.17 Å². The van der Waals surface area contributed by atoms with Crippen LogP contribution in [0.4, 0.5) is 17.1 Å². The zero-order valence-corrected chi connectivity index (χ0v) is 17.3. The average Bonchev–Trinajstić information content (AvgIpc) is 2.98. The molecule has 0 radical (unpaired) electrons. The van der Waals surface area contributed by atoms with E-state index in [1.807, 2.05) is 39.3 Å². The third-order valence-electron chi connectivity index (χ3n) is 5.67. The first kappa shape index (κ1) is 19.8. The van der Waals surface area contributed by atoms with Crippen LogP contribution in [0.1, 0.15) is 22.1 Å². The Morgan fingerprint density at radius 3 is 2.50 bits per heavy atom. The summed E-state index contributed by atoms with van der Waals surface area (Å²) < 4.78 is 0. The topological polar surface area (TPSA) is 112 Å². The van der Waals surface area contributed by atoms with Crippen LogP contribution >= 0.6 is 0 Å². The van der Waals surface area contributed by atoms with Gasteiger partial charge in [-0.2, -0.15) is 0 Å². The summed E-state index contributed by atoms with van der Waals surface area (Å²) in [5, 5.41) is 0.609. The number of nitrogens with one attached hydrogen (secondary N) is 1. The Morgan fingerprint density at radius 1 is 1.13 bits per heavy atom. The second kappa shape index (κ2) is 7.38. The van der Waals surface area contributed by atoms with E-state index in [0.29, 0.717) is 22.2 Å². The first-order valence-electron chi connectivity index (χ1n) is 9.78. The lowest BCUT2D eigenvalue weighted by Crippen LogP contribution is -2.41. The van der Waals surface area contributed by atoms with E-state index in [-0.39, 0.29) is 17.3 Å². The van der Waals surface area contributed by atoms with Crippen molar-refractivity contribution in [3.63, 3.8) is 0 Å². The highest BCUT2D eigenvalue weighted by Gasteiger charge is 2.37. The van der Waals surface area contributed by atoms with E-state index < -0.39 is 5.91 Å². The molecule has 0 spiro atoms. The largest absolute Gasteiger partial charge is 0.398 e. The van der Waals surface area contributed by atoms with Crippen molar-refractivity contribution in [3.05, 3.63) is 63.9 Å². The van der Waals surface area contributed by atoms with Gasteiger partial charge in [-0.3, -0.25) is 9.59 Å². The van der Waals surface area contributed by atoms with Crippen molar-refractivity contribution >= 4 is 33.9 Å². The number of hydrogen-bond donors (Lipinski definition) is 3. The number of primary amides is 1. The number of fused-ring (bicyclic) bond motifs is 2. The molecule has 0 fully saturated rings. The molecule has 4 rings (SSSR count). The highest BCUT2D eigenvalue weighted by Crippen LogP contribution is 2.46. The number of para-hydroxylation sites is 3. The number of likely N-dealkylation sites (N-methyl/N-ethyl adjacent to an activating group) is 1. The van der Waals surface area contributed by atoms with Gasteiger partial charge in [-0.1, -0.05) is 24.3 Å². The van der Waals surface area contributed by atoms with Crippen LogP contribution in [0.2, 0.25) is 0 Å². The molecular weight excluding hydrogens is 380 g/mol. The van der Waals surface area contributed by atoms with E-state index >= 15 is 0 Å². The number of carbonyl (C=O) groups is 1. The normalized spacial score (nSPS) is 15.8. The molecule has 1 amide bonds. The zero-order chi connectivity index (χ0) is 21.6. The second-order valence-electron chi connectivity index (χ2n) is 7.84. The Kier molecular flexibility index (Phi) is 4.87. The van der Waals surface area contributed by atoms with Gasteiger partial charge < -0.3 is 31.2 Å². The van der Waals surface area contributed by atoms with E-state index in [9.17, 15) is 9.59 Å². The van der Waals surface area contributed by atoms with Crippen molar-refractivity contribution in [2.24, 2.45) is 5.73 Å². The van der Waals surface area contributed by atoms with Gasteiger partial charge in [-0.25, -0.2) is 0 Å². The molecule has 1 aromatic heterocycles. The van der Waals surface area contributed by atoms with Gasteiger partial charge in [0, 0.05) is 25.5 Å². The SMILES string of the molecule is CN(C)CCN1c2ccccc2N(C)C1c1c(N)c2cccc(C(N)=O)c2[nH]c1=O. The standard InChI is InChI=1S/C22H26N6O2/c1-26(2)11-12-28-16-10-5-4-9-15(16)27(3)22(28)17-18(23)13-7-6-8-14(20(24)29)19(13)25-21(17)30/h4-10,22H,11-12H2,1-3H3,(H2,24,29)(H3,23,25,30). The van der Waals surface area contributed by atoms with Crippen LogP contribution in [0.5, 0.6) is 0 Å². The molecule has 5 N–H and O–H groups in total. The molecule has 1 unspecified atom stereocenters. The molecule has 1 aliphatic rings. The van der Waals surface area contributed by atoms with E-state index in [0.717, 1.165) is 24.5 Å². The fraction of sp³-hybridized carbons (Fsp3) is 0.273. The van der Waals surface area contributed by atoms with Crippen LogP contribution in [0.15, 0.2) is 47.3 Å². The Balaban J connectivity index is 1.92. The molecule has 8 nitrogen and oxygen atoms in total. The van der Waals surface area contributed by atoms with Crippen LogP contribution in [0.3, 0.4) is 0 Å². The van der Waals surface area contributed by atoms with E-state index in [1.54, 1.807) is 18.2 Å². The monoisotopic (exact) mass is 406 g/mol. The first-order chi connectivity index (χ1) is 14.3. The molecule has 0 bridgehead atoms. The molecule has 0 saturated heterocycles. The molecule has 0 saturated carbocycles. The zero-order valence-electron chi connectivity index (χ0n) is 17.3. The van der Waals surface area contributed by atoms with Crippen LogP contribution in [0.25, 0.3) is 10.9 Å². The van der Waals surface area contributed by atoms with Gasteiger partial charge in [-0.15, -0.1) is 0 Å². The van der Waals surface area contributed by atoms with Crippen molar-refractivity contribution in [3.8, 4) is 0 Å². The number of nitrogens with zero attached hydrogens (tertiary/aromatic N) is 3. The fourth-order valence-electron chi connectivity index (χ4n) is 4.20. The number of benzene rings is 2. The highest BCUT2D eigenvalue weighted by molar-refractivity contribution is 6.07. The number of nitrogen functional groups attached to an aromatic ring is 1. The van der Waals surface area contributed by atoms with Crippen molar-refractivity contribution in [2.45, 2.75) is 6.17 Å². The summed E-state index contributed by atoms with van der Waals surface area (Å²) in [7, 11) is 5.99. The molecule has 0 aliphatic carbocycles. The van der Waals surface area contributed by atoms with Crippen molar-refractivity contribution in [1.82, 2.24) is 9.88 Å². The van der Waals surface area contributed by atoms with Crippen LogP contribution < -0.4 is 26.8 Å². The summed E-state index contributed by atoms with van der Waals surface area (Å²) in [5.41, 5.74) is 15.2. The summed E-state index contributed by atoms with van der Waals surface area (Å²) in [6.45, 7) is 1.53. The Morgan fingerprint density at radius 2 is 1.83 bits per heavy atom. The number of aromatic nitrogens is 1. The number of anilines is 3. The lowest BCUT2D eigenvalue weighted by molar-refractivity contribution is 0.100. The predicted octanol–water partition coefficient (Wildman–Crippen LogP) is 1.73. The fourth-order valence-corrected chi connectivity index (χ4v) is 4.20. The van der Waals surface area contributed by atoms with Crippen LogP contribution in [0, 0.1) is 0 Å². The second-order valence-corrected chi connectivity index (χ2v) is 7.84. The highest BCUT2D eigenvalue weighted by atomic mass is 16.1. The van der Waals surface area contributed by atoms with Gasteiger partial charge in [0.25, 0.3) is 11.5 Å². The Bertz CT molecular complexity index is 1190. The smallest absolute Gasteiger partial charge is 0.257 e. The minimum Gasteiger partial charge on any atom is -0.398 e. The van der Waals surface area contributed by atoms with Gasteiger partial charge in [0.2, 0.25) is 0 Å². The number of amides is 1. The van der Waals surface area contributed by atoms with Gasteiger partial charge in [0.05, 0.1) is 33.7 Å². The molecule has 2 heterocycles. The van der Waals surface area contributed by atoms with Gasteiger partial charge >= 0.3 is 0 Å². The third kappa shape index (κ3) is 3.05. The maximum Gasteiger partial charge on any atom is 0.257 e. The van der Waals surface area contributed by atoms with E-state index in [1.165, 1.54) is 0 Å². The van der Waals surface area contributed by atoms with Crippen LogP contribution in [-0.2, 0) is 0 Å². The minimum atomic E-state index is -0.610. The predicted molar refractivity (Wildman–Crippen MR) is 121 cm³/mol. The minimum absolute atomic E-state index is 0.246. The number of nitrogens with two attached hydrogens (primary N) is 2. The molecular formula is C22H26N6O2. The molecule has 3 aromatic rings. The van der Waals surface area contributed by atoms with Crippen LogP contribution in [-0.4, -0.2) is 50.0 Å². The number of H-pyrrole nitrogens is 1. The maximum atomic E-state index is 13.2. The number of rotatable bonds is 5. The lowest BCUT2D eigenvalue weighted by atomic mass is 10.0. The van der Waals surface area contributed by atoms with E-state index in [4.69, 9.17) is 11.5 Å². The summed E-state index contributed by atoms with van der Waals surface area (Å²) in [5.74, 6) is -0.610. The summed E-state index contributed by atoms with van der Waals surface area (Å²) in [6, 6.07) is 13.2. The van der Waals surface area contributed by atoms with Gasteiger partial charge in [-0.05, 0) is 32.3 Å². The molecule has 1 aliphatic heterocycles. The molecule has 8 heteroatoms. The van der Waals surface area contributed by atoms with Crippen molar-refractivity contribution < 1.29 is 4.79 Å². The number of hydrogen-bond acceptors (Lipinski definition) is 6. The molecule has 156 valence electrons. The molecule has 1 atom stereocenters. The number of aromatic amines is 1. The van der Waals surface area contributed by atoms with E-state index in [2.05, 4.69) is 25.8 Å². The maximum absolute atomic E-state index is 13.2. The summed E-state index contributed by atoms with van der Waals surface area (Å²) >= 11 is 0. The summed E-state index contributed by atoms with van der Waals surface area (Å²) in [6.07, 6.45) is -0.368.